The number of aromatic nitrogens is 1. The molecule has 0 saturated carbocycles. The first-order valence-electron chi connectivity index (χ1n) is 16.9. The van der Waals surface area contributed by atoms with Crippen molar-refractivity contribution in [3.05, 3.63) is 41.8 Å². The van der Waals surface area contributed by atoms with Crippen molar-refractivity contribution in [1.82, 2.24) is 24.6 Å². The van der Waals surface area contributed by atoms with Crippen LogP contribution in [0.15, 0.2) is 30.3 Å². The van der Waals surface area contributed by atoms with Crippen molar-refractivity contribution in [3.63, 3.8) is 0 Å². The molecule has 0 unspecified atom stereocenters. The van der Waals surface area contributed by atoms with Crippen LogP contribution in [0, 0.1) is 5.82 Å². The van der Waals surface area contributed by atoms with E-state index in [4.69, 9.17) is 27.8 Å². The Bertz CT molecular complexity index is 1310. The number of pyridine rings is 1. The lowest BCUT2D eigenvalue weighted by molar-refractivity contribution is -0.144. The first-order valence-corrected chi connectivity index (χ1v) is 20.4. The Morgan fingerprint density at radius 3 is 1.65 bits per heavy atom. The van der Waals surface area contributed by atoms with E-state index in [1.165, 1.54) is 12.1 Å². The zero-order valence-corrected chi connectivity index (χ0v) is 31.0. The van der Waals surface area contributed by atoms with Gasteiger partial charge in [-0.3, -0.25) is 38.5 Å². The van der Waals surface area contributed by atoms with Gasteiger partial charge in [0.25, 0.3) is 0 Å². The molecule has 1 saturated heterocycles. The molecule has 1 aliphatic heterocycles. The molecule has 13 nitrogen and oxygen atoms in total. The van der Waals surface area contributed by atoms with E-state index in [2.05, 4.69) is 14.7 Å². The van der Waals surface area contributed by atoms with Crippen molar-refractivity contribution < 1.29 is 41.1 Å². The van der Waals surface area contributed by atoms with E-state index in [9.17, 15) is 18.3 Å². The number of benzene rings is 1. The number of hydrogen-bond donors (Lipinski definition) is 0. The predicted molar refractivity (Wildman–Crippen MR) is 185 cm³/mol. The molecule has 0 atom stereocenters. The minimum Gasteiger partial charge on any atom is -0.465 e. The normalized spacial score (nSPS) is 17.3. The molecule has 0 bridgehead atoms. The lowest BCUT2D eigenvalue weighted by Gasteiger charge is -2.35. The molecule has 0 aliphatic carbocycles. The highest BCUT2D eigenvalue weighted by atomic mass is 31.2. The van der Waals surface area contributed by atoms with Gasteiger partial charge in [0.1, 0.15) is 18.4 Å². The number of carbonyl (C=O) groups excluding carboxylic acids is 1. The summed E-state index contributed by atoms with van der Waals surface area (Å²) < 4.78 is 68.9. The average molecular weight is 718 g/mol. The number of nitrogens with zero attached hydrogens (tertiary/aromatic N) is 5. The van der Waals surface area contributed by atoms with Crippen LogP contribution in [0.3, 0.4) is 0 Å². The summed E-state index contributed by atoms with van der Waals surface area (Å²) in [5, 5.41) is 0.724. The number of fused-ring (bicyclic) bond motifs is 1. The predicted octanol–water partition coefficient (Wildman–Crippen LogP) is 5.11. The Morgan fingerprint density at radius 2 is 1.17 bits per heavy atom. The van der Waals surface area contributed by atoms with E-state index in [0.717, 1.165) is 11.1 Å². The summed E-state index contributed by atoms with van der Waals surface area (Å²) in [6.45, 7) is 15.0. The van der Waals surface area contributed by atoms with Gasteiger partial charge in [-0.25, -0.2) is 4.39 Å². The minimum atomic E-state index is -3.40. The van der Waals surface area contributed by atoms with E-state index in [1.54, 1.807) is 40.7 Å². The van der Waals surface area contributed by atoms with Crippen LogP contribution in [0.25, 0.3) is 10.9 Å². The summed E-state index contributed by atoms with van der Waals surface area (Å²) >= 11 is 0. The molecule has 0 radical (unpaired) electrons. The van der Waals surface area contributed by atoms with E-state index >= 15 is 0 Å². The van der Waals surface area contributed by atoms with Crippen molar-refractivity contribution in [1.29, 1.82) is 0 Å². The maximum atomic E-state index is 13.8. The summed E-state index contributed by atoms with van der Waals surface area (Å²) in [7, 11) is -6.80. The van der Waals surface area contributed by atoms with Gasteiger partial charge in [0.2, 0.25) is 0 Å². The highest BCUT2D eigenvalue weighted by molar-refractivity contribution is 7.54. The van der Waals surface area contributed by atoms with Gasteiger partial charge in [0, 0.05) is 64.3 Å². The number of carbonyl (C=O) groups is 1. The van der Waals surface area contributed by atoms with Gasteiger partial charge in [-0.05, 0) is 58.9 Å². The van der Waals surface area contributed by atoms with Crippen LogP contribution in [0.5, 0.6) is 0 Å². The number of rotatable bonds is 17. The minimum absolute atomic E-state index is 0.0857. The standard InChI is InChI=1S/C32H54FN5O8P2/c1-6-42-32(39)25-36-17-21-37(26-47(40,43-7-2)44-8-3)19-15-35(24-30-13-11-28-23-29(33)12-14-31(28)34-30)16-20-38(22-18-36)27-48(41,45-9-4)46-10-5/h11-14,23H,6-10,15-22,24-27H2,1-5H3. The topological polar surface area (TPSA) is 123 Å². The number of esters is 1. The molecule has 0 N–H and O–H groups in total. The van der Waals surface area contributed by atoms with Crippen LogP contribution >= 0.6 is 15.2 Å². The third-order valence-electron chi connectivity index (χ3n) is 7.73. The van der Waals surface area contributed by atoms with Gasteiger partial charge in [-0.1, -0.05) is 6.07 Å². The summed E-state index contributed by atoms with van der Waals surface area (Å²) in [4.78, 5) is 25.7. The summed E-state index contributed by atoms with van der Waals surface area (Å²) in [5.41, 5.74) is 1.53. The van der Waals surface area contributed by atoms with E-state index in [-0.39, 0.29) is 63.9 Å². The maximum Gasteiger partial charge on any atom is 0.344 e. The smallest absolute Gasteiger partial charge is 0.344 e. The molecule has 0 amide bonds. The largest absolute Gasteiger partial charge is 0.465 e. The molecular weight excluding hydrogens is 663 g/mol. The number of ether oxygens (including phenoxy) is 1. The Morgan fingerprint density at radius 1 is 0.688 bits per heavy atom. The monoisotopic (exact) mass is 717 g/mol. The van der Waals surface area contributed by atoms with Crippen molar-refractivity contribution in [3.8, 4) is 0 Å². The van der Waals surface area contributed by atoms with E-state index in [1.807, 2.05) is 17.0 Å². The van der Waals surface area contributed by atoms with Crippen LogP contribution in [-0.2, 0) is 43.3 Å². The molecule has 3 rings (SSSR count). The molecule has 272 valence electrons. The maximum absolute atomic E-state index is 13.8. The number of halogens is 1. The quantitative estimate of drug-likeness (QED) is 0.159. The number of hydrogen-bond acceptors (Lipinski definition) is 13. The van der Waals surface area contributed by atoms with E-state index < -0.39 is 15.2 Å². The summed E-state index contributed by atoms with van der Waals surface area (Å²) in [6, 6.07) is 8.31. The molecule has 0 spiro atoms. The fourth-order valence-corrected chi connectivity index (χ4v) is 9.13. The van der Waals surface area contributed by atoms with Crippen LogP contribution < -0.4 is 0 Å². The van der Waals surface area contributed by atoms with E-state index in [0.29, 0.717) is 64.4 Å². The lowest BCUT2D eigenvalue weighted by Crippen LogP contribution is -2.47. The zero-order valence-electron chi connectivity index (χ0n) is 29.2. The molecule has 1 aliphatic rings. The third kappa shape index (κ3) is 13.8. The van der Waals surface area contributed by atoms with Crippen molar-refractivity contribution in [2.45, 2.75) is 41.2 Å². The lowest BCUT2D eigenvalue weighted by atomic mass is 10.2. The first kappa shape index (κ1) is 40.6. The Labute approximate surface area is 285 Å². The second-order valence-electron chi connectivity index (χ2n) is 11.4. The third-order valence-corrected chi connectivity index (χ3v) is 11.8. The summed E-state index contributed by atoms with van der Waals surface area (Å²) in [6.07, 6.45) is 0.209. The fraction of sp³-hybridized carbons (Fsp3) is 0.688. The highest BCUT2D eigenvalue weighted by Gasteiger charge is 2.30. The van der Waals surface area contributed by atoms with Crippen LogP contribution in [0.4, 0.5) is 4.39 Å². The van der Waals surface area contributed by atoms with Crippen molar-refractivity contribution in [2.24, 2.45) is 0 Å². The van der Waals surface area contributed by atoms with Crippen molar-refractivity contribution in [2.75, 3.05) is 105 Å². The zero-order chi connectivity index (χ0) is 35.0. The molecule has 16 heteroatoms. The molecular formula is C32H54FN5O8P2. The average Bonchev–Trinajstić information content (AvgIpc) is 3.02. The Hall–Kier alpha value is -1.83. The molecule has 1 aromatic heterocycles. The van der Waals surface area contributed by atoms with Crippen molar-refractivity contribution >= 4 is 32.1 Å². The Balaban J connectivity index is 1.91. The van der Waals surface area contributed by atoms with Gasteiger partial charge >= 0.3 is 21.2 Å². The van der Waals surface area contributed by atoms with Gasteiger partial charge < -0.3 is 22.8 Å². The molecule has 1 fully saturated rings. The highest BCUT2D eigenvalue weighted by Crippen LogP contribution is 2.49. The molecule has 2 aromatic rings. The van der Waals surface area contributed by atoms with Gasteiger partial charge in [-0.15, -0.1) is 0 Å². The van der Waals surface area contributed by atoms with Crippen LogP contribution in [0.1, 0.15) is 40.3 Å². The van der Waals surface area contributed by atoms with Gasteiger partial charge in [-0.2, -0.15) is 0 Å². The van der Waals surface area contributed by atoms with Gasteiger partial charge in [0.05, 0.1) is 50.8 Å². The van der Waals surface area contributed by atoms with Crippen LogP contribution in [0.2, 0.25) is 0 Å². The molecule has 48 heavy (non-hydrogen) atoms. The Kier molecular flexibility index (Phi) is 17.5. The SMILES string of the molecule is CCOC(=O)CN1CCN(CP(=O)(OCC)OCC)CCN(Cc2ccc3cc(F)ccc3n2)CCN(CP(=O)(OCC)OCC)CC1. The second-order valence-corrected chi connectivity index (χ2v) is 15.5. The first-order chi connectivity index (χ1) is 23.0. The van der Waals surface area contributed by atoms with Gasteiger partial charge in [0.15, 0.2) is 0 Å². The molecule has 1 aromatic carbocycles. The van der Waals surface area contributed by atoms with Crippen LogP contribution in [-0.4, -0.2) is 135 Å². The fourth-order valence-electron chi connectivity index (χ4n) is 5.54. The summed E-state index contributed by atoms with van der Waals surface area (Å²) in [5.74, 6) is -0.642. The molecule has 2 heterocycles. The second kappa shape index (κ2) is 20.7.